The summed E-state index contributed by atoms with van der Waals surface area (Å²) in [6.45, 7) is 0.800. The van der Waals surface area contributed by atoms with E-state index in [-0.39, 0.29) is 57.5 Å². The first kappa shape index (κ1) is 25.2. The van der Waals surface area contributed by atoms with E-state index in [1.807, 2.05) is 30.3 Å². The highest BCUT2D eigenvalue weighted by Crippen LogP contribution is 2.53. The second kappa shape index (κ2) is 9.29. The van der Waals surface area contributed by atoms with E-state index in [4.69, 9.17) is 16.3 Å². The van der Waals surface area contributed by atoms with E-state index in [2.05, 4.69) is 10.6 Å². The molecule has 0 unspecified atom stereocenters. The lowest BCUT2D eigenvalue weighted by Crippen LogP contribution is -2.48. The Kier molecular flexibility index (Phi) is 6.17. The van der Waals surface area contributed by atoms with Crippen molar-refractivity contribution in [2.24, 2.45) is 0 Å². The number of nitrogens with one attached hydrogen (secondary N) is 2. The highest BCUT2D eigenvalue weighted by Gasteiger charge is 2.50. The zero-order valence-corrected chi connectivity index (χ0v) is 21.3. The average Bonchev–Trinajstić information content (AvgIpc) is 3.65. The number of carbonyl (C=O) groups excluding carboxylic acids is 1. The summed E-state index contributed by atoms with van der Waals surface area (Å²) in [5, 5.41) is 15.7. The summed E-state index contributed by atoms with van der Waals surface area (Å²) in [4.78, 5) is 13.0. The first-order chi connectivity index (χ1) is 18.3. The highest BCUT2D eigenvalue weighted by molar-refractivity contribution is 6.34. The standard InChI is InChI=1S/C29H26ClF3N2O3/c1-34-28(37)17-10-15-16(11-20(36)26(15)32)27(33)24(17)23-18-13-29(22-8-5-9-35-22,14-6-3-2-4-7-14)38-21(18)12-19(31)25(23)30/h2-4,6-7,10,12,20,22,26,35-36H,5,8-9,11,13H2,1H3,(H,34,37)/t20-,22+,26+,29+/m1/s1. The number of rotatable bonds is 4. The Morgan fingerprint density at radius 1 is 1.18 bits per heavy atom. The Morgan fingerprint density at radius 3 is 2.63 bits per heavy atom. The molecule has 3 aliphatic rings. The van der Waals surface area contributed by atoms with Crippen LogP contribution < -0.4 is 15.4 Å². The van der Waals surface area contributed by atoms with Gasteiger partial charge in [-0.1, -0.05) is 41.9 Å². The zero-order valence-electron chi connectivity index (χ0n) is 20.6. The number of aliphatic hydroxyl groups is 1. The molecule has 0 saturated carbocycles. The fraction of sp³-hybridized carbons (Fsp3) is 0.345. The van der Waals surface area contributed by atoms with Gasteiger partial charge in [0, 0.05) is 42.6 Å². The molecule has 0 aromatic heterocycles. The van der Waals surface area contributed by atoms with Crippen molar-refractivity contribution in [3.63, 3.8) is 0 Å². The van der Waals surface area contributed by atoms with Crippen LogP contribution in [0.1, 0.15) is 51.6 Å². The maximum absolute atomic E-state index is 16.3. The fourth-order valence-corrected chi connectivity index (χ4v) is 6.53. The molecular weight excluding hydrogens is 517 g/mol. The summed E-state index contributed by atoms with van der Waals surface area (Å²) in [6, 6.07) is 11.9. The van der Waals surface area contributed by atoms with Crippen LogP contribution in [0.3, 0.4) is 0 Å². The Morgan fingerprint density at radius 2 is 1.95 bits per heavy atom. The van der Waals surface area contributed by atoms with Crippen molar-refractivity contribution in [2.75, 3.05) is 13.6 Å². The van der Waals surface area contributed by atoms with Crippen LogP contribution in [-0.4, -0.2) is 36.8 Å². The zero-order chi connectivity index (χ0) is 26.8. The van der Waals surface area contributed by atoms with Gasteiger partial charge in [-0.3, -0.25) is 4.79 Å². The Hall–Kier alpha value is -3.07. The summed E-state index contributed by atoms with van der Waals surface area (Å²) in [5.41, 5.74) is -0.113. The monoisotopic (exact) mass is 542 g/mol. The minimum absolute atomic E-state index is 0.00756. The van der Waals surface area contributed by atoms with Crippen molar-refractivity contribution in [3.8, 4) is 16.9 Å². The van der Waals surface area contributed by atoms with Gasteiger partial charge in [0.15, 0.2) is 11.8 Å². The number of amides is 1. The second-order valence-corrected chi connectivity index (χ2v) is 10.5. The van der Waals surface area contributed by atoms with Crippen LogP contribution >= 0.6 is 11.6 Å². The van der Waals surface area contributed by atoms with Gasteiger partial charge in [0.2, 0.25) is 0 Å². The third kappa shape index (κ3) is 3.65. The second-order valence-electron chi connectivity index (χ2n) is 10.1. The normalized spacial score (nSPS) is 25.7. The van der Waals surface area contributed by atoms with Crippen molar-refractivity contribution < 1.29 is 27.8 Å². The van der Waals surface area contributed by atoms with Crippen LogP contribution in [0.5, 0.6) is 5.75 Å². The smallest absolute Gasteiger partial charge is 0.251 e. The Labute approximate surface area is 223 Å². The molecule has 2 heterocycles. The van der Waals surface area contributed by atoms with Gasteiger partial charge in [-0.15, -0.1) is 0 Å². The highest BCUT2D eigenvalue weighted by atomic mass is 35.5. The summed E-state index contributed by atoms with van der Waals surface area (Å²) in [5.74, 6) is -2.19. The van der Waals surface area contributed by atoms with Gasteiger partial charge in [0.25, 0.3) is 5.91 Å². The lowest BCUT2D eigenvalue weighted by atomic mass is 9.80. The SMILES string of the molecule is CNC(=O)c1cc2c(c(F)c1-c1c(Cl)c(F)cc3c1C[C@](c1ccccc1)([C@@H]1CCCN1)O3)C[C@@H](O)[C@H]2F. The van der Waals surface area contributed by atoms with Gasteiger partial charge < -0.3 is 20.5 Å². The molecule has 0 bridgehead atoms. The van der Waals surface area contributed by atoms with Gasteiger partial charge >= 0.3 is 0 Å². The van der Waals surface area contributed by atoms with Crippen LogP contribution in [0.25, 0.3) is 11.1 Å². The van der Waals surface area contributed by atoms with E-state index < -0.39 is 35.4 Å². The molecule has 1 saturated heterocycles. The molecule has 198 valence electrons. The summed E-state index contributed by atoms with van der Waals surface area (Å²) >= 11 is 6.54. The molecule has 1 amide bonds. The van der Waals surface area contributed by atoms with Crippen molar-refractivity contribution in [2.45, 2.75) is 49.6 Å². The molecule has 6 rings (SSSR count). The molecule has 1 aliphatic carbocycles. The number of halogens is 4. The molecule has 4 atom stereocenters. The number of alkyl halides is 1. The molecular formula is C29H26ClF3N2O3. The van der Waals surface area contributed by atoms with Gasteiger partial charge in [0.1, 0.15) is 17.4 Å². The molecule has 0 radical (unpaired) electrons. The van der Waals surface area contributed by atoms with Gasteiger partial charge in [-0.2, -0.15) is 0 Å². The Bertz CT molecular complexity index is 1450. The number of carbonyl (C=O) groups is 1. The van der Waals surface area contributed by atoms with Crippen molar-refractivity contribution in [1.29, 1.82) is 0 Å². The predicted molar refractivity (Wildman–Crippen MR) is 137 cm³/mol. The van der Waals surface area contributed by atoms with Crippen LogP contribution in [0.15, 0.2) is 42.5 Å². The molecule has 0 spiro atoms. The first-order valence-electron chi connectivity index (χ1n) is 12.7. The number of aliphatic hydroxyl groups excluding tert-OH is 1. The topological polar surface area (TPSA) is 70.6 Å². The lowest BCUT2D eigenvalue weighted by molar-refractivity contribution is 0.0539. The van der Waals surface area contributed by atoms with Crippen molar-refractivity contribution in [1.82, 2.24) is 10.6 Å². The number of hydrogen-bond acceptors (Lipinski definition) is 4. The predicted octanol–water partition coefficient (Wildman–Crippen LogP) is 5.15. The summed E-state index contributed by atoms with van der Waals surface area (Å²) in [6.07, 6.45) is -1.54. The van der Waals surface area contributed by atoms with Crippen LogP contribution in [-0.2, 0) is 18.4 Å². The quantitative estimate of drug-likeness (QED) is 0.426. The van der Waals surface area contributed by atoms with Gasteiger partial charge in [0.05, 0.1) is 22.7 Å². The van der Waals surface area contributed by atoms with E-state index in [0.29, 0.717) is 5.56 Å². The van der Waals surface area contributed by atoms with Crippen LogP contribution in [0.4, 0.5) is 13.2 Å². The van der Waals surface area contributed by atoms with Gasteiger partial charge in [-0.25, -0.2) is 13.2 Å². The largest absolute Gasteiger partial charge is 0.480 e. The first-order valence-corrected chi connectivity index (χ1v) is 13.0. The van der Waals surface area contributed by atoms with Crippen molar-refractivity contribution in [3.05, 3.63) is 86.9 Å². The lowest BCUT2D eigenvalue weighted by Gasteiger charge is -2.35. The van der Waals surface area contributed by atoms with E-state index in [9.17, 15) is 14.3 Å². The molecule has 2 aliphatic heterocycles. The average molecular weight is 543 g/mol. The maximum atomic E-state index is 16.3. The molecule has 3 aromatic rings. The molecule has 3 aromatic carbocycles. The van der Waals surface area contributed by atoms with E-state index in [1.54, 1.807) is 0 Å². The number of ether oxygens (including phenoxy) is 1. The van der Waals surface area contributed by atoms with Crippen LogP contribution in [0.2, 0.25) is 5.02 Å². The minimum Gasteiger partial charge on any atom is -0.480 e. The minimum atomic E-state index is -1.84. The third-order valence-electron chi connectivity index (χ3n) is 8.08. The summed E-state index contributed by atoms with van der Waals surface area (Å²) < 4.78 is 52.9. The third-order valence-corrected chi connectivity index (χ3v) is 8.44. The number of benzene rings is 3. The van der Waals surface area contributed by atoms with Gasteiger partial charge in [-0.05, 0) is 42.1 Å². The Balaban J connectivity index is 1.61. The van der Waals surface area contributed by atoms with Crippen molar-refractivity contribution >= 4 is 17.5 Å². The summed E-state index contributed by atoms with van der Waals surface area (Å²) in [7, 11) is 1.37. The number of hydrogen-bond donors (Lipinski definition) is 3. The van der Waals surface area contributed by atoms with E-state index in [1.165, 1.54) is 19.2 Å². The maximum Gasteiger partial charge on any atom is 0.251 e. The molecule has 1 fully saturated rings. The molecule has 9 heteroatoms. The molecule has 5 nitrogen and oxygen atoms in total. The molecule has 38 heavy (non-hydrogen) atoms. The van der Waals surface area contributed by atoms with Crippen LogP contribution in [0, 0.1) is 11.6 Å². The fourth-order valence-electron chi connectivity index (χ4n) is 6.26. The van der Waals surface area contributed by atoms with E-state index in [0.717, 1.165) is 24.9 Å². The van der Waals surface area contributed by atoms with E-state index >= 15 is 8.78 Å². The number of fused-ring (bicyclic) bond motifs is 2. The molecule has 3 N–H and O–H groups in total.